The summed E-state index contributed by atoms with van der Waals surface area (Å²) in [6, 6.07) is 2.42. The molecule has 2 N–H and O–H groups in total. The highest BCUT2D eigenvalue weighted by molar-refractivity contribution is 5.95. The molecule has 1 amide bonds. The molecule has 0 bridgehead atoms. The molecule has 2 atom stereocenters. The number of carbonyl (C=O) groups is 1. The maximum atomic E-state index is 15.3. The second-order valence-electron chi connectivity index (χ2n) is 8.70. The summed E-state index contributed by atoms with van der Waals surface area (Å²) in [5, 5.41) is 11.8. The second-order valence-corrected chi connectivity index (χ2v) is 8.70. The Hall–Kier alpha value is -1.74. The third-order valence-corrected chi connectivity index (χ3v) is 5.07. The van der Waals surface area contributed by atoms with Crippen molar-refractivity contribution in [1.82, 2.24) is 5.32 Å². The number of nitrogens with zero attached hydrogens (tertiary/aromatic N) is 1. The molecule has 2 fully saturated rings. The van der Waals surface area contributed by atoms with Crippen molar-refractivity contribution < 1.29 is 28.5 Å². The van der Waals surface area contributed by atoms with Crippen molar-refractivity contribution in [2.75, 3.05) is 44.4 Å². The van der Waals surface area contributed by atoms with E-state index in [1.165, 1.54) is 6.07 Å². The number of halogens is 1. The van der Waals surface area contributed by atoms with Crippen molar-refractivity contribution >= 4 is 11.6 Å². The summed E-state index contributed by atoms with van der Waals surface area (Å²) in [7, 11) is 0. The molecule has 29 heavy (non-hydrogen) atoms. The van der Waals surface area contributed by atoms with Crippen LogP contribution in [-0.2, 0) is 14.2 Å². The van der Waals surface area contributed by atoms with Gasteiger partial charge in [-0.05, 0) is 26.0 Å². The number of nitrogens with one attached hydrogen (secondary N) is 1. The van der Waals surface area contributed by atoms with Crippen LogP contribution >= 0.6 is 0 Å². The third kappa shape index (κ3) is 5.25. The van der Waals surface area contributed by atoms with Crippen LogP contribution in [0.3, 0.4) is 0 Å². The van der Waals surface area contributed by atoms with E-state index in [1.54, 1.807) is 13.0 Å². The summed E-state index contributed by atoms with van der Waals surface area (Å²) in [6.45, 7) is 10.0. The minimum absolute atomic E-state index is 0.0310. The summed E-state index contributed by atoms with van der Waals surface area (Å²) in [5.74, 6) is -0.958. The van der Waals surface area contributed by atoms with E-state index in [2.05, 4.69) is 5.32 Å². The molecule has 0 radical (unpaired) electrons. The van der Waals surface area contributed by atoms with Gasteiger partial charge in [0.05, 0.1) is 38.2 Å². The molecule has 0 saturated carbocycles. The lowest BCUT2D eigenvalue weighted by molar-refractivity contribution is -0.226. The molecule has 0 aromatic heterocycles. The van der Waals surface area contributed by atoms with Crippen LogP contribution < -0.4 is 10.2 Å². The largest absolute Gasteiger partial charge is 0.394 e. The zero-order valence-electron chi connectivity index (χ0n) is 17.5. The van der Waals surface area contributed by atoms with Gasteiger partial charge in [-0.25, -0.2) is 4.39 Å². The van der Waals surface area contributed by atoms with E-state index >= 15 is 4.39 Å². The Morgan fingerprint density at radius 1 is 1.34 bits per heavy atom. The van der Waals surface area contributed by atoms with E-state index in [9.17, 15) is 9.90 Å². The molecule has 3 rings (SSSR count). The Kier molecular flexibility index (Phi) is 6.78. The second kappa shape index (κ2) is 8.95. The first-order valence-corrected chi connectivity index (χ1v) is 10.0. The molecule has 8 heteroatoms. The van der Waals surface area contributed by atoms with Crippen LogP contribution in [-0.4, -0.2) is 62.7 Å². The minimum Gasteiger partial charge on any atom is -0.394 e. The fourth-order valence-electron chi connectivity index (χ4n) is 3.51. The number of carbonyl (C=O) groups excluding carboxylic acids is 1. The highest BCUT2D eigenvalue weighted by atomic mass is 19.1. The first-order chi connectivity index (χ1) is 13.7. The maximum absolute atomic E-state index is 15.3. The number of aliphatic hydroxyl groups is 1. The quantitative estimate of drug-likeness (QED) is 0.775. The molecular weight excluding hydrogens is 379 g/mol. The number of rotatable bonds is 5. The van der Waals surface area contributed by atoms with E-state index in [4.69, 9.17) is 14.2 Å². The summed E-state index contributed by atoms with van der Waals surface area (Å²) in [4.78, 5) is 14.5. The van der Waals surface area contributed by atoms with E-state index in [0.29, 0.717) is 44.2 Å². The summed E-state index contributed by atoms with van der Waals surface area (Å²) < 4.78 is 32.7. The number of hydrogen-bond acceptors (Lipinski definition) is 6. The lowest BCUT2D eigenvalue weighted by atomic mass is 9.95. The van der Waals surface area contributed by atoms with Crippen molar-refractivity contribution in [2.24, 2.45) is 5.41 Å². The van der Waals surface area contributed by atoms with E-state index in [-0.39, 0.29) is 23.7 Å². The van der Waals surface area contributed by atoms with Gasteiger partial charge in [0.2, 0.25) is 0 Å². The van der Waals surface area contributed by atoms with Gasteiger partial charge in [0.15, 0.2) is 6.29 Å². The zero-order valence-corrected chi connectivity index (χ0v) is 17.5. The van der Waals surface area contributed by atoms with Gasteiger partial charge < -0.3 is 29.5 Å². The van der Waals surface area contributed by atoms with Crippen LogP contribution in [0.25, 0.3) is 0 Å². The van der Waals surface area contributed by atoms with Crippen LogP contribution in [0.15, 0.2) is 12.1 Å². The van der Waals surface area contributed by atoms with Crippen LogP contribution in [0.4, 0.5) is 10.1 Å². The monoisotopic (exact) mass is 410 g/mol. The molecule has 2 unspecified atom stereocenters. The molecule has 0 spiro atoms. The molecule has 162 valence electrons. The summed E-state index contributed by atoms with van der Waals surface area (Å²) >= 11 is 0. The van der Waals surface area contributed by atoms with Gasteiger partial charge >= 0.3 is 0 Å². The predicted molar refractivity (Wildman–Crippen MR) is 106 cm³/mol. The number of amides is 1. The third-order valence-electron chi connectivity index (χ3n) is 5.07. The maximum Gasteiger partial charge on any atom is 0.251 e. The SMILES string of the molecule is CC(CO)NC(=O)c1cc(F)c(N2CCOC(C)C2)c(C2OCC(C)(C)CO2)c1. The van der Waals surface area contributed by atoms with Crippen LogP contribution in [0.2, 0.25) is 0 Å². The number of morpholine rings is 1. The Morgan fingerprint density at radius 2 is 2.03 bits per heavy atom. The predicted octanol–water partition coefficient (Wildman–Crippen LogP) is 2.23. The Balaban J connectivity index is 1.97. The standard InChI is InChI=1S/C21H31FN2O5/c1-13(10-25)23-19(26)15-7-16(20-28-11-21(3,4)12-29-20)18(17(22)8-15)24-5-6-27-14(2)9-24/h7-8,13-14,20,25H,5-6,9-12H2,1-4H3,(H,23,26). The highest BCUT2D eigenvalue weighted by Crippen LogP contribution is 2.38. The summed E-state index contributed by atoms with van der Waals surface area (Å²) in [5.41, 5.74) is 0.918. The Morgan fingerprint density at radius 3 is 2.66 bits per heavy atom. The van der Waals surface area contributed by atoms with Crippen LogP contribution in [0.5, 0.6) is 0 Å². The number of anilines is 1. The van der Waals surface area contributed by atoms with Gasteiger partial charge in [-0.3, -0.25) is 4.79 Å². The molecular formula is C21H31FN2O5. The van der Waals surface area contributed by atoms with Crippen molar-refractivity contribution in [3.63, 3.8) is 0 Å². The van der Waals surface area contributed by atoms with Crippen LogP contribution in [0, 0.1) is 11.2 Å². The molecule has 7 nitrogen and oxygen atoms in total. The van der Waals surface area contributed by atoms with E-state index in [1.807, 2.05) is 25.7 Å². The van der Waals surface area contributed by atoms with Gasteiger partial charge in [-0.15, -0.1) is 0 Å². The number of hydrogen-bond donors (Lipinski definition) is 2. The molecule has 1 aromatic carbocycles. The molecule has 2 heterocycles. The average molecular weight is 410 g/mol. The molecule has 2 aliphatic rings. The first kappa shape index (κ1) is 22.0. The van der Waals surface area contributed by atoms with Gasteiger partial charge in [-0.1, -0.05) is 13.8 Å². The van der Waals surface area contributed by atoms with Crippen LogP contribution in [0.1, 0.15) is 49.9 Å². The Labute approximate surface area is 171 Å². The van der Waals surface area contributed by atoms with Gasteiger partial charge in [0.25, 0.3) is 5.91 Å². The fourth-order valence-corrected chi connectivity index (χ4v) is 3.51. The molecule has 0 aliphatic carbocycles. The molecule has 2 saturated heterocycles. The first-order valence-electron chi connectivity index (χ1n) is 10.0. The highest BCUT2D eigenvalue weighted by Gasteiger charge is 2.34. The average Bonchev–Trinajstić information content (AvgIpc) is 2.67. The normalized spacial score (nSPS) is 23.7. The van der Waals surface area contributed by atoms with Crippen molar-refractivity contribution in [1.29, 1.82) is 0 Å². The van der Waals surface area contributed by atoms with Gasteiger partial charge in [-0.2, -0.15) is 0 Å². The molecule has 1 aromatic rings. The lowest BCUT2D eigenvalue weighted by Crippen LogP contribution is -2.43. The van der Waals surface area contributed by atoms with Crippen molar-refractivity contribution in [3.05, 3.63) is 29.1 Å². The fraction of sp³-hybridized carbons (Fsp3) is 0.667. The Bertz CT molecular complexity index is 732. The van der Waals surface area contributed by atoms with E-state index < -0.39 is 24.1 Å². The number of aliphatic hydroxyl groups excluding tert-OH is 1. The minimum atomic E-state index is -0.756. The van der Waals surface area contributed by atoms with Gasteiger partial charge in [0, 0.05) is 35.7 Å². The number of ether oxygens (including phenoxy) is 3. The topological polar surface area (TPSA) is 80.3 Å². The lowest BCUT2D eigenvalue weighted by Gasteiger charge is -2.38. The van der Waals surface area contributed by atoms with Crippen molar-refractivity contribution in [3.8, 4) is 0 Å². The number of benzene rings is 1. The van der Waals surface area contributed by atoms with E-state index in [0.717, 1.165) is 0 Å². The van der Waals surface area contributed by atoms with Gasteiger partial charge in [0.1, 0.15) is 5.82 Å². The molecule has 2 aliphatic heterocycles. The zero-order chi connectivity index (χ0) is 21.2. The van der Waals surface area contributed by atoms with Crippen molar-refractivity contribution in [2.45, 2.75) is 46.1 Å². The smallest absolute Gasteiger partial charge is 0.251 e. The summed E-state index contributed by atoms with van der Waals surface area (Å²) in [6.07, 6.45) is -0.787.